The molecule has 0 fully saturated rings. The number of hydrogen-bond acceptors (Lipinski definition) is 4. The zero-order valence-corrected chi connectivity index (χ0v) is 13.4. The summed E-state index contributed by atoms with van der Waals surface area (Å²) < 4.78 is 51.3. The molecule has 0 aromatic carbocycles. The van der Waals surface area contributed by atoms with Gasteiger partial charge in [0.1, 0.15) is 0 Å². The Morgan fingerprint density at radius 3 is 2.06 bits per heavy atom. The SMILES string of the molecule is CC[NH+](CC)CC(CS(=O)(=O)O)S(=O)[O-].[Na]. The van der Waals surface area contributed by atoms with Gasteiger partial charge in [0.15, 0.2) is 0 Å². The Bertz CT molecular complexity index is 304. The molecule has 1 radical (unpaired) electrons. The van der Waals surface area contributed by atoms with E-state index in [-0.39, 0.29) is 36.1 Å². The van der Waals surface area contributed by atoms with Crippen molar-refractivity contribution in [3.63, 3.8) is 0 Å². The smallest absolute Gasteiger partial charge is 0.266 e. The minimum Gasteiger partial charge on any atom is -0.772 e. The zero-order chi connectivity index (χ0) is 12.1. The molecule has 2 N–H and O–H groups in total. The van der Waals surface area contributed by atoms with E-state index in [1.165, 1.54) is 0 Å². The van der Waals surface area contributed by atoms with E-state index in [0.29, 0.717) is 0 Å². The Morgan fingerprint density at radius 1 is 1.38 bits per heavy atom. The van der Waals surface area contributed by atoms with Gasteiger partial charge in [-0.3, -0.25) is 8.76 Å². The molecule has 93 valence electrons. The van der Waals surface area contributed by atoms with Crippen molar-refractivity contribution in [1.82, 2.24) is 0 Å². The van der Waals surface area contributed by atoms with E-state index in [1.807, 2.05) is 13.8 Å². The molecule has 0 aliphatic carbocycles. The molecule has 0 aromatic rings. The summed E-state index contributed by atoms with van der Waals surface area (Å²) in [6, 6.07) is 0. The molecule has 0 spiro atoms. The fourth-order valence-electron chi connectivity index (χ4n) is 1.28. The standard InChI is InChI=1S/C7H17NO5S2.Na/c1-3-8(4-2)5-7(14(9)10)6-15(11,12)13;/h7H,3-6H2,1-2H3,(H,9,10)(H,11,12,13);. The van der Waals surface area contributed by atoms with Gasteiger partial charge in [-0.25, -0.2) is 0 Å². The Labute approximate surface area is 121 Å². The van der Waals surface area contributed by atoms with Crippen LogP contribution >= 0.6 is 0 Å². The molecular weight excluding hydrogens is 265 g/mol. The quantitative estimate of drug-likeness (QED) is 0.310. The van der Waals surface area contributed by atoms with Gasteiger partial charge in [-0.2, -0.15) is 8.42 Å². The molecule has 0 aliphatic heterocycles. The maximum atomic E-state index is 10.8. The molecule has 2 unspecified atom stereocenters. The molecule has 6 nitrogen and oxygen atoms in total. The van der Waals surface area contributed by atoms with Crippen LogP contribution in [0.2, 0.25) is 0 Å². The third-order valence-electron chi connectivity index (χ3n) is 2.19. The molecule has 0 bridgehead atoms. The predicted octanol–water partition coefficient (Wildman–Crippen LogP) is -2.33. The molecule has 0 heterocycles. The van der Waals surface area contributed by atoms with Crippen molar-refractivity contribution in [2.75, 3.05) is 25.4 Å². The molecule has 0 aromatic heterocycles. The number of hydrogen-bond donors (Lipinski definition) is 2. The second-order valence-electron chi connectivity index (χ2n) is 3.29. The summed E-state index contributed by atoms with van der Waals surface area (Å²) in [5, 5.41) is -1.05. The third-order valence-corrected chi connectivity index (χ3v) is 4.10. The van der Waals surface area contributed by atoms with Crippen molar-refractivity contribution >= 4 is 50.8 Å². The van der Waals surface area contributed by atoms with Gasteiger partial charge in [-0.1, -0.05) is 0 Å². The van der Waals surface area contributed by atoms with Gasteiger partial charge >= 0.3 is 0 Å². The first-order chi connectivity index (χ1) is 6.80. The minimum atomic E-state index is -4.24. The van der Waals surface area contributed by atoms with Crippen molar-refractivity contribution in [3.8, 4) is 0 Å². The van der Waals surface area contributed by atoms with Gasteiger partial charge in [0.05, 0.1) is 30.6 Å². The number of quaternary nitrogens is 1. The Morgan fingerprint density at radius 2 is 1.81 bits per heavy atom. The van der Waals surface area contributed by atoms with Crippen LogP contribution < -0.4 is 4.90 Å². The van der Waals surface area contributed by atoms with Crippen LogP contribution in [0.4, 0.5) is 0 Å². The summed E-state index contributed by atoms with van der Waals surface area (Å²) in [6.45, 7) is 5.41. The van der Waals surface area contributed by atoms with E-state index < -0.39 is 32.2 Å². The van der Waals surface area contributed by atoms with Gasteiger partial charge in [0, 0.05) is 29.6 Å². The van der Waals surface area contributed by atoms with Crippen LogP contribution in [-0.4, -0.2) is 81.9 Å². The van der Waals surface area contributed by atoms with Crippen LogP contribution in [0.5, 0.6) is 0 Å². The topological polar surface area (TPSA) is 98.9 Å². The normalized spacial score (nSPS) is 15.6. The summed E-state index contributed by atoms with van der Waals surface area (Å²) >= 11 is -2.48. The van der Waals surface area contributed by atoms with E-state index in [0.717, 1.165) is 18.0 Å². The second kappa shape index (κ2) is 8.98. The first-order valence-corrected chi connectivity index (χ1v) is 7.41. The van der Waals surface area contributed by atoms with Crippen LogP contribution in [-0.2, 0) is 21.2 Å². The van der Waals surface area contributed by atoms with E-state index in [9.17, 15) is 17.2 Å². The Kier molecular flexibility index (Phi) is 10.8. The molecule has 0 rings (SSSR count). The van der Waals surface area contributed by atoms with Crippen LogP contribution in [0.3, 0.4) is 0 Å². The van der Waals surface area contributed by atoms with Gasteiger partial charge in [-0.05, 0) is 24.9 Å². The number of rotatable bonds is 7. The van der Waals surface area contributed by atoms with Crippen LogP contribution in [0.25, 0.3) is 0 Å². The summed E-state index contributed by atoms with van der Waals surface area (Å²) in [4.78, 5) is 0.979. The first-order valence-electron chi connectivity index (χ1n) is 4.66. The van der Waals surface area contributed by atoms with Crippen molar-refractivity contribution in [2.24, 2.45) is 0 Å². The van der Waals surface area contributed by atoms with Crippen LogP contribution in [0.1, 0.15) is 13.8 Å². The van der Waals surface area contributed by atoms with Gasteiger partial charge in [0.2, 0.25) is 0 Å². The van der Waals surface area contributed by atoms with E-state index >= 15 is 0 Å². The monoisotopic (exact) mass is 282 g/mol. The maximum Gasteiger partial charge on any atom is 0.266 e. The van der Waals surface area contributed by atoms with Crippen molar-refractivity contribution < 1.29 is 26.6 Å². The summed E-state index contributed by atoms with van der Waals surface area (Å²) in [5.74, 6) is -0.730. The predicted molar refractivity (Wildman–Crippen MR) is 61.8 cm³/mol. The van der Waals surface area contributed by atoms with Crippen molar-refractivity contribution in [2.45, 2.75) is 19.1 Å². The molecule has 2 atom stereocenters. The van der Waals surface area contributed by atoms with E-state index in [1.54, 1.807) is 0 Å². The fraction of sp³-hybridized carbons (Fsp3) is 1.00. The largest absolute Gasteiger partial charge is 0.772 e. The summed E-state index contributed by atoms with van der Waals surface area (Å²) in [6.07, 6.45) is 0. The van der Waals surface area contributed by atoms with E-state index in [2.05, 4.69) is 0 Å². The van der Waals surface area contributed by atoms with Crippen LogP contribution in [0.15, 0.2) is 0 Å². The summed E-state index contributed by atoms with van der Waals surface area (Å²) in [5.41, 5.74) is 0. The summed E-state index contributed by atoms with van der Waals surface area (Å²) in [7, 11) is -4.24. The Hall–Kier alpha value is 0.980. The minimum absolute atomic E-state index is 0. The fourth-order valence-corrected chi connectivity index (χ4v) is 3.20. The van der Waals surface area contributed by atoms with E-state index in [4.69, 9.17) is 4.55 Å². The van der Waals surface area contributed by atoms with Gasteiger partial charge in [0.25, 0.3) is 10.1 Å². The third kappa shape index (κ3) is 9.06. The van der Waals surface area contributed by atoms with Gasteiger partial charge < -0.3 is 9.45 Å². The van der Waals surface area contributed by atoms with Crippen molar-refractivity contribution in [3.05, 3.63) is 0 Å². The molecule has 0 saturated carbocycles. The van der Waals surface area contributed by atoms with Crippen LogP contribution in [0, 0.1) is 0 Å². The first kappa shape index (κ1) is 19.3. The Balaban J connectivity index is 0. The second-order valence-corrected chi connectivity index (χ2v) is 5.98. The average molecular weight is 282 g/mol. The average Bonchev–Trinajstić information content (AvgIpc) is 2.09. The molecule has 0 saturated heterocycles. The zero-order valence-electron chi connectivity index (χ0n) is 9.80. The molecule has 9 heteroatoms. The molecular formula is C7H17NNaO5S2. The molecule has 0 amide bonds. The van der Waals surface area contributed by atoms with Crippen molar-refractivity contribution in [1.29, 1.82) is 0 Å². The molecule has 0 aliphatic rings. The number of nitrogens with one attached hydrogen (secondary N) is 1. The molecule has 16 heavy (non-hydrogen) atoms. The van der Waals surface area contributed by atoms with Gasteiger partial charge in [-0.15, -0.1) is 0 Å². The maximum absolute atomic E-state index is 10.8.